The summed E-state index contributed by atoms with van der Waals surface area (Å²) in [4.78, 5) is 9.43. The Balaban J connectivity index is 1.39. The van der Waals surface area contributed by atoms with Crippen LogP contribution >= 0.6 is 0 Å². The maximum atomic E-state index is 6.26. The molecule has 0 saturated carbocycles. The van der Waals surface area contributed by atoms with Crippen LogP contribution in [0.1, 0.15) is 74.9 Å². The van der Waals surface area contributed by atoms with Crippen molar-refractivity contribution in [2.24, 2.45) is 9.98 Å². The van der Waals surface area contributed by atoms with E-state index in [9.17, 15) is 0 Å². The molecular weight excluding hydrogens is 568 g/mol. The van der Waals surface area contributed by atoms with Crippen molar-refractivity contribution in [2.45, 2.75) is 80.1 Å². The van der Waals surface area contributed by atoms with E-state index in [-0.39, 0.29) is 10.8 Å². The summed E-state index contributed by atoms with van der Waals surface area (Å²) in [6, 6.07) is 25.2. The zero-order valence-corrected chi connectivity index (χ0v) is 29.2. The Bertz CT molecular complexity index is 1550. The first-order chi connectivity index (χ1) is 21.7. The van der Waals surface area contributed by atoms with Crippen molar-refractivity contribution in [1.29, 1.82) is 0 Å². The summed E-state index contributed by atoms with van der Waals surface area (Å²) >= 11 is 0. The Morgan fingerprint density at radius 1 is 0.543 bits per heavy atom. The third-order valence-corrected chi connectivity index (χ3v) is 7.75. The third kappa shape index (κ3) is 9.46. The molecule has 4 rings (SSSR count). The lowest BCUT2D eigenvalue weighted by atomic mass is 9.87. The number of rotatable bonds is 11. The minimum Gasteiger partial charge on any atom is -0.487 e. The second-order valence-corrected chi connectivity index (χ2v) is 14.0. The lowest BCUT2D eigenvalue weighted by Gasteiger charge is -2.19. The largest absolute Gasteiger partial charge is 0.487 e. The van der Waals surface area contributed by atoms with Crippen LogP contribution in [0.5, 0.6) is 11.5 Å². The van der Waals surface area contributed by atoms with Gasteiger partial charge in [0.2, 0.25) is 0 Å². The van der Waals surface area contributed by atoms with Gasteiger partial charge in [-0.25, -0.2) is 9.98 Å². The van der Waals surface area contributed by atoms with E-state index in [1.54, 1.807) is 12.7 Å². The Morgan fingerprint density at radius 2 is 0.891 bits per heavy atom. The number of anilines is 2. The van der Waals surface area contributed by atoms with Gasteiger partial charge < -0.3 is 20.1 Å². The van der Waals surface area contributed by atoms with E-state index in [1.165, 1.54) is 11.1 Å². The standard InChI is InChI=1S/C40H50N4O2/c1-27-21-29(3)37(35(23-27)43-25-41-33-15-11-31(12-16-33)39(5,6)7)45-19-20-46-38-30(4)22-28(2)24-36(38)44-26-42-34-17-13-32(14-18-34)40(8,9)10/h11-18,21-26H,19-20H2,1-10H3,(H,41,43)(H,42,44). The molecule has 4 aromatic rings. The number of ether oxygens (including phenoxy) is 2. The highest BCUT2D eigenvalue weighted by molar-refractivity contribution is 5.80. The molecule has 2 N–H and O–H groups in total. The van der Waals surface area contributed by atoms with Crippen molar-refractivity contribution in [1.82, 2.24) is 0 Å². The molecule has 6 heteroatoms. The van der Waals surface area contributed by atoms with Crippen molar-refractivity contribution in [3.63, 3.8) is 0 Å². The van der Waals surface area contributed by atoms with E-state index in [2.05, 4.69) is 127 Å². The topological polar surface area (TPSA) is 67.2 Å². The molecule has 0 radical (unpaired) electrons. The van der Waals surface area contributed by atoms with Crippen molar-refractivity contribution in [3.05, 3.63) is 106 Å². The van der Waals surface area contributed by atoms with Crippen LogP contribution in [0, 0.1) is 27.7 Å². The molecule has 0 aliphatic heterocycles. The van der Waals surface area contributed by atoms with Crippen LogP contribution in [-0.4, -0.2) is 25.9 Å². The SMILES string of the molecule is Cc1cc(C)c(OCCOc2c(C)cc(C)cc2N=CNc2ccc(C(C)(C)C)cc2)c(N=CNc2ccc(C(C)(C)C)cc2)c1. The van der Waals surface area contributed by atoms with Crippen molar-refractivity contribution in [2.75, 3.05) is 23.8 Å². The molecule has 0 aromatic heterocycles. The van der Waals surface area contributed by atoms with Crippen LogP contribution in [-0.2, 0) is 10.8 Å². The minimum atomic E-state index is 0.116. The Labute approximate surface area is 276 Å². The van der Waals surface area contributed by atoms with Crippen molar-refractivity contribution in [3.8, 4) is 11.5 Å². The van der Waals surface area contributed by atoms with Gasteiger partial charge >= 0.3 is 0 Å². The summed E-state index contributed by atoms with van der Waals surface area (Å²) in [5.74, 6) is 1.49. The summed E-state index contributed by atoms with van der Waals surface area (Å²) in [6.45, 7) is 22.2. The second-order valence-electron chi connectivity index (χ2n) is 14.0. The van der Waals surface area contributed by atoms with E-state index in [0.29, 0.717) is 13.2 Å². The zero-order valence-electron chi connectivity index (χ0n) is 29.2. The minimum absolute atomic E-state index is 0.116. The van der Waals surface area contributed by atoms with Crippen LogP contribution < -0.4 is 20.1 Å². The van der Waals surface area contributed by atoms with Gasteiger partial charge in [0, 0.05) is 11.4 Å². The van der Waals surface area contributed by atoms with Gasteiger partial charge in [-0.05, 0) is 108 Å². The summed E-state index contributed by atoms with van der Waals surface area (Å²) in [5, 5.41) is 6.58. The number of hydrogen-bond donors (Lipinski definition) is 2. The second kappa shape index (κ2) is 14.7. The summed E-state index contributed by atoms with van der Waals surface area (Å²) in [6.07, 6.45) is 3.44. The van der Waals surface area contributed by atoms with Gasteiger partial charge in [-0.1, -0.05) is 77.9 Å². The first-order valence-corrected chi connectivity index (χ1v) is 16.0. The lowest BCUT2D eigenvalue weighted by Crippen LogP contribution is -2.11. The highest BCUT2D eigenvalue weighted by Gasteiger charge is 2.14. The van der Waals surface area contributed by atoms with E-state index < -0.39 is 0 Å². The van der Waals surface area contributed by atoms with Crippen LogP contribution in [0.15, 0.2) is 82.8 Å². The maximum absolute atomic E-state index is 6.26. The monoisotopic (exact) mass is 618 g/mol. The molecule has 0 aliphatic rings. The Kier molecular flexibility index (Phi) is 10.9. The van der Waals surface area contributed by atoms with Gasteiger partial charge in [0.15, 0.2) is 0 Å². The van der Waals surface area contributed by atoms with Crippen LogP contribution in [0.3, 0.4) is 0 Å². The summed E-state index contributed by atoms with van der Waals surface area (Å²) in [7, 11) is 0. The molecular formula is C40H50N4O2. The van der Waals surface area contributed by atoms with Gasteiger partial charge in [0.25, 0.3) is 0 Å². The molecule has 0 fully saturated rings. The van der Waals surface area contributed by atoms with Crippen LogP contribution in [0.4, 0.5) is 22.7 Å². The molecule has 0 unspecified atom stereocenters. The van der Waals surface area contributed by atoms with E-state index in [0.717, 1.165) is 56.5 Å². The Morgan fingerprint density at radius 3 is 1.22 bits per heavy atom. The molecule has 0 atom stereocenters. The first kappa shape index (κ1) is 34.3. The van der Waals surface area contributed by atoms with E-state index in [4.69, 9.17) is 19.5 Å². The number of aliphatic imine (C=N–C) groups is 2. The first-order valence-electron chi connectivity index (χ1n) is 16.0. The highest BCUT2D eigenvalue weighted by Crippen LogP contribution is 2.34. The fourth-order valence-electron chi connectivity index (χ4n) is 5.20. The van der Waals surface area contributed by atoms with Crippen LogP contribution in [0.25, 0.3) is 0 Å². The average Bonchev–Trinajstić information content (AvgIpc) is 2.97. The number of hydrogen-bond acceptors (Lipinski definition) is 4. The molecule has 6 nitrogen and oxygen atoms in total. The number of benzene rings is 4. The molecule has 0 heterocycles. The molecule has 0 amide bonds. The molecule has 0 spiro atoms. The predicted molar refractivity (Wildman–Crippen MR) is 197 cm³/mol. The normalized spacial score (nSPS) is 12.1. The Hall–Kier alpha value is -4.58. The van der Waals surface area contributed by atoms with Gasteiger partial charge in [-0.15, -0.1) is 0 Å². The van der Waals surface area contributed by atoms with Gasteiger partial charge in [0.05, 0.1) is 12.7 Å². The van der Waals surface area contributed by atoms with E-state index in [1.807, 2.05) is 26.0 Å². The summed E-state index contributed by atoms with van der Waals surface area (Å²) < 4.78 is 12.5. The highest BCUT2D eigenvalue weighted by atomic mass is 16.5. The molecule has 0 aliphatic carbocycles. The number of aryl methyl sites for hydroxylation is 4. The fourth-order valence-corrected chi connectivity index (χ4v) is 5.20. The van der Waals surface area contributed by atoms with Crippen LogP contribution in [0.2, 0.25) is 0 Å². The number of nitrogens with one attached hydrogen (secondary N) is 2. The molecule has 0 bridgehead atoms. The van der Waals surface area contributed by atoms with Gasteiger partial charge in [-0.3, -0.25) is 0 Å². The molecule has 46 heavy (non-hydrogen) atoms. The van der Waals surface area contributed by atoms with Crippen molar-refractivity contribution < 1.29 is 9.47 Å². The predicted octanol–water partition coefficient (Wildman–Crippen LogP) is 10.5. The van der Waals surface area contributed by atoms with Gasteiger partial charge in [0.1, 0.15) is 36.1 Å². The molecule has 4 aromatic carbocycles. The lowest BCUT2D eigenvalue weighted by molar-refractivity contribution is 0.216. The van der Waals surface area contributed by atoms with Gasteiger partial charge in [-0.2, -0.15) is 0 Å². The average molecular weight is 619 g/mol. The quantitative estimate of drug-likeness (QED) is 0.0997. The van der Waals surface area contributed by atoms with Crippen molar-refractivity contribution >= 4 is 35.4 Å². The fraction of sp³-hybridized carbons (Fsp3) is 0.350. The maximum Gasteiger partial charge on any atom is 0.148 e. The smallest absolute Gasteiger partial charge is 0.148 e. The third-order valence-electron chi connectivity index (χ3n) is 7.75. The molecule has 242 valence electrons. The van der Waals surface area contributed by atoms with E-state index >= 15 is 0 Å². The zero-order chi connectivity index (χ0) is 33.5. The number of nitrogens with zero attached hydrogens (tertiary/aromatic N) is 2. The summed E-state index contributed by atoms with van der Waals surface area (Å²) in [5.41, 5.74) is 10.6. The molecule has 0 saturated heterocycles.